The third-order valence-electron chi connectivity index (χ3n) is 4.73. The normalized spacial score (nSPS) is 17.5. The number of benzene rings is 1. The molecule has 0 radical (unpaired) electrons. The standard InChI is InChI=1S/C20H23N3O3/c1-14-10-17(26-2)6-7-18(14)20(25)15-4-3-9-23(12-15)19(24)8-5-16-11-21-13-22-16/h5-8,10-11,13,15H,3-4,9,12H2,1-2H3,(H,21,22)/b8-5+/t15-/m0/s1. The number of hydrogen-bond donors (Lipinski definition) is 1. The quantitative estimate of drug-likeness (QED) is 0.662. The zero-order valence-corrected chi connectivity index (χ0v) is 15.1. The lowest BCUT2D eigenvalue weighted by Gasteiger charge is -2.31. The third kappa shape index (κ3) is 4.02. The van der Waals surface area contributed by atoms with Crippen LogP contribution in [-0.4, -0.2) is 46.8 Å². The first-order chi connectivity index (χ1) is 12.6. The second-order valence-electron chi connectivity index (χ2n) is 6.51. The Bertz CT molecular complexity index is 812. The molecule has 6 heteroatoms. The highest BCUT2D eigenvalue weighted by molar-refractivity contribution is 6.00. The fourth-order valence-corrected chi connectivity index (χ4v) is 3.28. The average molecular weight is 353 g/mol. The minimum atomic E-state index is -0.166. The molecule has 2 aromatic rings. The van der Waals surface area contributed by atoms with Crippen molar-refractivity contribution < 1.29 is 14.3 Å². The zero-order valence-electron chi connectivity index (χ0n) is 15.1. The lowest BCUT2D eigenvalue weighted by molar-refractivity contribution is -0.127. The number of carbonyl (C=O) groups is 2. The van der Waals surface area contributed by atoms with Gasteiger partial charge < -0.3 is 14.6 Å². The number of rotatable bonds is 5. The number of H-pyrrole nitrogens is 1. The van der Waals surface area contributed by atoms with Gasteiger partial charge in [-0.2, -0.15) is 0 Å². The smallest absolute Gasteiger partial charge is 0.246 e. The number of ether oxygens (including phenoxy) is 1. The van der Waals surface area contributed by atoms with Gasteiger partial charge in [0.25, 0.3) is 0 Å². The van der Waals surface area contributed by atoms with Crippen molar-refractivity contribution in [1.29, 1.82) is 0 Å². The molecule has 0 aliphatic carbocycles. The van der Waals surface area contributed by atoms with Gasteiger partial charge in [0.05, 0.1) is 25.3 Å². The summed E-state index contributed by atoms with van der Waals surface area (Å²) in [5.74, 6) is 0.590. The van der Waals surface area contributed by atoms with Gasteiger partial charge in [-0.05, 0) is 49.6 Å². The number of nitrogens with zero attached hydrogens (tertiary/aromatic N) is 2. The molecular formula is C20H23N3O3. The van der Waals surface area contributed by atoms with Crippen molar-refractivity contribution in [1.82, 2.24) is 14.9 Å². The minimum Gasteiger partial charge on any atom is -0.497 e. The van der Waals surface area contributed by atoms with Crippen LogP contribution in [0.3, 0.4) is 0 Å². The van der Waals surface area contributed by atoms with Crippen molar-refractivity contribution in [2.75, 3.05) is 20.2 Å². The highest BCUT2D eigenvalue weighted by Gasteiger charge is 2.29. The fourth-order valence-electron chi connectivity index (χ4n) is 3.28. The van der Waals surface area contributed by atoms with E-state index in [9.17, 15) is 9.59 Å². The molecule has 2 heterocycles. The molecule has 0 saturated carbocycles. The molecular weight excluding hydrogens is 330 g/mol. The van der Waals surface area contributed by atoms with E-state index in [-0.39, 0.29) is 17.6 Å². The van der Waals surface area contributed by atoms with Crippen LogP contribution in [0.15, 0.2) is 36.8 Å². The summed E-state index contributed by atoms with van der Waals surface area (Å²) in [6, 6.07) is 5.49. The van der Waals surface area contributed by atoms with Crippen LogP contribution in [-0.2, 0) is 4.79 Å². The summed E-state index contributed by atoms with van der Waals surface area (Å²) in [5.41, 5.74) is 2.38. The number of aryl methyl sites for hydroxylation is 1. The maximum atomic E-state index is 12.9. The van der Waals surface area contributed by atoms with Gasteiger partial charge in [-0.1, -0.05) is 0 Å². The van der Waals surface area contributed by atoms with Gasteiger partial charge in [-0.25, -0.2) is 4.98 Å². The number of Topliss-reactive ketones (excluding diaryl/α,β-unsaturated/α-hetero) is 1. The Morgan fingerprint density at radius 1 is 1.38 bits per heavy atom. The van der Waals surface area contributed by atoms with Crippen LogP contribution in [0.25, 0.3) is 6.08 Å². The second-order valence-corrected chi connectivity index (χ2v) is 6.51. The van der Waals surface area contributed by atoms with Crippen LogP contribution in [0, 0.1) is 12.8 Å². The summed E-state index contributed by atoms with van der Waals surface area (Å²) in [5, 5.41) is 0. The van der Waals surface area contributed by atoms with Crippen molar-refractivity contribution >= 4 is 17.8 Å². The molecule has 1 aromatic heterocycles. The molecule has 1 aliphatic rings. The molecule has 3 rings (SSSR count). The summed E-state index contributed by atoms with van der Waals surface area (Å²) >= 11 is 0. The second kappa shape index (κ2) is 7.99. The maximum absolute atomic E-state index is 12.9. The number of hydrogen-bond acceptors (Lipinski definition) is 4. The highest BCUT2D eigenvalue weighted by Crippen LogP contribution is 2.25. The first-order valence-electron chi connectivity index (χ1n) is 8.72. The largest absolute Gasteiger partial charge is 0.497 e. The Labute approximate surface area is 152 Å². The summed E-state index contributed by atoms with van der Waals surface area (Å²) < 4.78 is 5.20. The molecule has 1 N–H and O–H groups in total. The average Bonchev–Trinajstić information content (AvgIpc) is 3.19. The molecule has 1 saturated heterocycles. The van der Waals surface area contributed by atoms with E-state index in [1.807, 2.05) is 19.1 Å². The molecule has 1 amide bonds. The van der Waals surface area contributed by atoms with Gasteiger partial charge >= 0.3 is 0 Å². The van der Waals surface area contributed by atoms with Crippen molar-refractivity contribution in [3.05, 3.63) is 53.6 Å². The Hall–Kier alpha value is -2.89. The number of aromatic nitrogens is 2. The van der Waals surface area contributed by atoms with Crippen LogP contribution in [0.4, 0.5) is 0 Å². The van der Waals surface area contributed by atoms with Crippen molar-refractivity contribution in [2.24, 2.45) is 5.92 Å². The van der Waals surface area contributed by atoms with Gasteiger partial charge in [0.15, 0.2) is 5.78 Å². The first-order valence-corrected chi connectivity index (χ1v) is 8.72. The Balaban J connectivity index is 1.67. The lowest BCUT2D eigenvalue weighted by Crippen LogP contribution is -2.41. The molecule has 0 unspecified atom stereocenters. The van der Waals surface area contributed by atoms with Crippen molar-refractivity contribution in [3.8, 4) is 5.75 Å². The number of piperidine rings is 1. The van der Waals surface area contributed by atoms with Crippen LogP contribution in [0.1, 0.15) is 34.5 Å². The number of methoxy groups -OCH3 is 1. The number of nitrogens with one attached hydrogen (secondary N) is 1. The van der Waals surface area contributed by atoms with Crippen molar-refractivity contribution in [3.63, 3.8) is 0 Å². The van der Waals surface area contributed by atoms with Crippen LogP contribution < -0.4 is 4.74 Å². The Morgan fingerprint density at radius 3 is 2.92 bits per heavy atom. The number of likely N-dealkylation sites (tertiary alicyclic amines) is 1. The molecule has 0 spiro atoms. The fraction of sp³-hybridized carbons (Fsp3) is 0.350. The lowest BCUT2D eigenvalue weighted by atomic mass is 9.88. The Kier molecular flexibility index (Phi) is 5.51. The number of imidazole rings is 1. The van der Waals surface area contributed by atoms with E-state index >= 15 is 0 Å². The van der Waals surface area contributed by atoms with E-state index < -0.39 is 0 Å². The first kappa shape index (κ1) is 17.9. The number of ketones is 1. The van der Waals surface area contributed by atoms with Crippen molar-refractivity contribution in [2.45, 2.75) is 19.8 Å². The van der Waals surface area contributed by atoms with E-state index in [2.05, 4.69) is 9.97 Å². The monoisotopic (exact) mass is 353 g/mol. The van der Waals surface area contributed by atoms with Crippen LogP contribution >= 0.6 is 0 Å². The molecule has 136 valence electrons. The SMILES string of the molecule is COc1ccc(C(=O)[C@H]2CCCN(C(=O)/C=C/c3cnc[nH]3)C2)c(C)c1. The number of carbonyl (C=O) groups excluding carboxylic acids is 2. The summed E-state index contributed by atoms with van der Waals surface area (Å²) in [6.07, 6.45) is 8.08. The highest BCUT2D eigenvalue weighted by atomic mass is 16.5. The van der Waals surface area contributed by atoms with E-state index in [4.69, 9.17) is 4.74 Å². The van der Waals surface area contributed by atoms with Gasteiger partial charge in [0.2, 0.25) is 5.91 Å². The zero-order chi connectivity index (χ0) is 18.5. The van der Waals surface area contributed by atoms with Gasteiger partial charge in [-0.15, -0.1) is 0 Å². The van der Waals surface area contributed by atoms with E-state index in [1.54, 1.807) is 36.7 Å². The summed E-state index contributed by atoms with van der Waals surface area (Å²) in [7, 11) is 1.61. The molecule has 1 fully saturated rings. The molecule has 0 bridgehead atoms. The predicted molar refractivity (Wildman–Crippen MR) is 99.0 cm³/mol. The van der Waals surface area contributed by atoms with Crippen LogP contribution in [0.2, 0.25) is 0 Å². The van der Waals surface area contributed by atoms with E-state index in [0.29, 0.717) is 18.7 Å². The Morgan fingerprint density at radius 2 is 2.23 bits per heavy atom. The summed E-state index contributed by atoms with van der Waals surface area (Å²) in [4.78, 5) is 33.9. The third-order valence-corrected chi connectivity index (χ3v) is 4.73. The molecule has 1 atom stereocenters. The van der Waals surface area contributed by atoms with E-state index in [0.717, 1.165) is 29.8 Å². The minimum absolute atomic E-state index is 0.0800. The molecule has 1 aliphatic heterocycles. The van der Waals surface area contributed by atoms with E-state index in [1.165, 1.54) is 6.08 Å². The molecule has 1 aromatic carbocycles. The topological polar surface area (TPSA) is 75.3 Å². The molecule has 6 nitrogen and oxygen atoms in total. The molecule has 26 heavy (non-hydrogen) atoms. The maximum Gasteiger partial charge on any atom is 0.246 e. The predicted octanol–water partition coefficient (Wildman–Crippen LogP) is 2.86. The van der Waals surface area contributed by atoms with Crippen LogP contribution in [0.5, 0.6) is 5.75 Å². The van der Waals surface area contributed by atoms with Gasteiger partial charge in [-0.3, -0.25) is 9.59 Å². The summed E-state index contributed by atoms with van der Waals surface area (Å²) in [6.45, 7) is 3.04. The van der Waals surface area contributed by atoms with Gasteiger partial charge in [0, 0.05) is 30.6 Å². The number of amides is 1. The number of aromatic amines is 1. The van der Waals surface area contributed by atoms with Gasteiger partial charge in [0.1, 0.15) is 5.75 Å².